The van der Waals surface area contributed by atoms with Gasteiger partial charge in [0.25, 0.3) is 0 Å². The molecule has 5 nitrogen and oxygen atoms in total. The molecular formula is C12H18N2O3S2. The molecule has 2 rings (SSSR count). The number of nitrogens with one attached hydrogen (secondary N) is 1. The van der Waals surface area contributed by atoms with Crippen LogP contribution in [0.3, 0.4) is 0 Å². The summed E-state index contributed by atoms with van der Waals surface area (Å²) < 4.78 is 32.1. The molecule has 1 aliphatic rings. The molecule has 0 atom stereocenters. The molecular weight excluding hydrogens is 284 g/mol. The average Bonchev–Trinajstić information content (AvgIpc) is 3.17. The van der Waals surface area contributed by atoms with Gasteiger partial charge in [0.05, 0.1) is 12.8 Å². The maximum Gasteiger partial charge on any atom is 0.242 e. The number of hydrogen-bond acceptors (Lipinski definition) is 5. The highest BCUT2D eigenvalue weighted by Crippen LogP contribution is 2.46. The third-order valence-electron chi connectivity index (χ3n) is 3.33. The predicted octanol–water partition coefficient (Wildman–Crippen LogP) is 1.45. The lowest BCUT2D eigenvalue weighted by Crippen LogP contribution is -2.32. The van der Waals surface area contributed by atoms with Crippen LogP contribution in [0.2, 0.25) is 0 Å². The molecule has 0 unspecified atom stereocenters. The molecule has 1 fully saturated rings. The van der Waals surface area contributed by atoms with Crippen LogP contribution < -0.4 is 15.2 Å². The highest BCUT2D eigenvalue weighted by Gasteiger charge is 2.42. The van der Waals surface area contributed by atoms with Crippen molar-refractivity contribution in [3.05, 3.63) is 18.2 Å². The molecule has 0 saturated heterocycles. The minimum absolute atomic E-state index is 0.0777. The van der Waals surface area contributed by atoms with E-state index in [1.165, 1.54) is 19.2 Å². The van der Waals surface area contributed by atoms with Gasteiger partial charge in [-0.15, -0.1) is 0 Å². The van der Waals surface area contributed by atoms with Crippen LogP contribution in [0.4, 0.5) is 5.69 Å². The van der Waals surface area contributed by atoms with E-state index in [0.29, 0.717) is 12.3 Å². The number of ether oxygens (including phenoxy) is 1. The van der Waals surface area contributed by atoms with Gasteiger partial charge in [0.15, 0.2) is 0 Å². The van der Waals surface area contributed by atoms with Crippen molar-refractivity contribution in [2.24, 2.45) is 0 Å². The van der Waals surface area contributed by atoms with E-state index in [0.717, 1.165) is 12.8 Å². The fraction of sp³-hybridized carbons (Fsp3) is 0.500. The first-order chi connectivity index (χ1) is 8.92. The number of hydrogen-bond donors (Lipinski definition) is 2. The molecule has 106 valence electrons. The number of anilines is 1. The van der Waals surface area contributed by atoms with Gasteiger partial charge in [-0.25, -0.2) is 13.1 Å². The number of rotatable bonds is 6. The molecule has 0 aromatic heterocycles. The van der Waals surface area contributed by atoms with Crippen molar-refractivity contribution >= 4 is 27.5 Å². The minimum Gasteiger partial charge on any atom is -0.497 e. The second-order valence-corrected chi connectivity index (χ2v) is 7.63. The maximum atomic E-state index is 12.2. The predicted molar refractivity (Wildman–Crippen MR) is 78.1 cm³/mol. The zero-order valence-electron chi connectivity index (χ0n) is 11.0. The van der Waals surface area contributed by atoms with E-state index in [9.17, 15) is 8.42 Å². The smallest absolute Gasteiger partial charge is 0.242 e. The summed E-state index contributed by atoms with van der Waals surface area (Å²) in [6, 6.07) is 4.57. The first-order valence-electron chi connectivity index (χ1n) is 5.91. The first kappa shape index (κ1) is 14.5. The SMILES string of the molecule is COc1ccc(S(=O)(=O)NCC2(SC)CC2)c(N)c1. The van der Waals surface area contributed by atoms with Gasteiger partial charge in [-0.1, -0.05) is 0 Å². The van der Waals surface area contributed by atoms with Crippen LogP contribution in [0, 0.1) is 0 Å². The topological polar surface area (TPSA) is 81.4 Å². The zero-order chi connectivity index (χ0) is 14.1. The Kier molecular flexibility index (Phi) is 3.98. The van der Waals surface area contributed by atoms with Crippen LogP contribution in [-0.2, 0) is 10.0 Å². The zero-order valence-corrected chi connectivity index (χ0v) is 12.6. The fourth-order valence-corrected chi connectivity index (χ4v) is 3.85. The lowest BCUT2D eigenvalue weighted by molar-refractivity contribution is 0.414. The third-order valence-corrected chi connectivity index (χ3v) is 6.23. The van der Waals surface area contributed by atoms with Crippen LogP contribution in [0.15, 0.2) is 23.1 Å². The summed E-state index contributed by atoms with van der Waals surface area (Å²) in [7, 11) is -2.05. The second-order valence-electron chi connectivity index (χ2n) is 4.62. The molecule has 1 saturated carbocycles. The Labute approximate surface area is 118 Å². The van der Waals surface area contributed by atoms with Gasteiger partial charge in [0.2, 0.25) is 10.0 Å². The van der Waals surface area contributed by atoms with E-state index < -0.39 is 10.0 Å². The molecule has 1 aliphatic carbocycles. The van der Waals surface area contributed by atoms with E-state index in [4.69, 9.17) is 10.5 Å². The van der Waals surface area contributed by atoms with Crippen molar-refractivity contribution in [1.82, 2.24) is 4.72 Å². The molecule has 0 radical (unpaired) electrons. The summed E-state index contributed by atoms with van der Waals surface area (Å²) in [4.78, 5) is 0.102. The number of sulfonamides is 1. The monoisotopic (exact) mass is 302 g/mol. The highest BCUT2D eigenvalue weighted by molar-refractivity contribution is 8.00. The molecule has 7 heteroatoms. The summed E-state index contributed by atoms with van der Waals surface area (Å²) in [5.41, 5.74) is 5.96. The molecule has 3 N–H and O–H groups in total. The minimum atomic E-state index is -3.56. The largest absolute Gasteiger partial charge is 0.497 e. The first-order valence-corrected chi connectivity index (χ1v) is 8.62. The molecule has 1 aromatic carbocycles. The van der Waals surface area contributed by atoms with Crippen molar-refractivity contribution in [3.63, 3.8) is 0 Å². The number of benzene rings is 1. The molecule has 0 heterocycles. The van der Waals surface area contributed by atoms with E-state index >= 15 is 0 Å². The third kappa shape index (κ3) is 3.16. The Hall–Kier alpha value is -0.920. The van der Waals surface area contributed by atoms with Crippen LogP contribution in [0.5, 0.6) is 5.75 Å². The number of nitrogens with two attached hydrogens (primary N) is 1. The summed E-state index contributed by atoms with van der Waals surface area (Å²) >= 11 is 1.71. The van der Waals surface area contributed by atoms with Gasteiger partial charge >= 0.3 is 0 Å². The van der Waals surface area contributed by atoms with E-state index in [1.807, 2.05) is 6.26 Å². The molecule has 0 aliphatic heterocycles. The lowest BCUT2D eigenvalue weighted by Gasteiger charge is -2.14. The second kappa shape index (κ2) is 5.22. The Bertz CT molecular complexity index is 568. The normalized spacial score (nSPS) is 17.2. The highest BCUT2D eigenvalue weighted by atomic mass is 32.2. The summed E-state index contributed by atoms with van der Waals surface area (Å²) in [6.45, 7) is 0.446. The van der Waals surface area contributed by atoms with Crippen LogP contribution >= 0.6 is 11.8 Å². The average molecular weight is 302 g/mol. The van der Waals surface area contributed by atoms with E-state index in [-0.39, 0.29) is 15.3 Å². The Morgan fingerprint density at radius 2 is 2.16 bits per heavy atom. The molecule has 19 heavy (non-hydrogen) atoms. The summed E-state index contributed by atoms with van der Waals surface area (Å²) in [5.74, 6) is 0.541. The van der Waals surface area contributed by atoms with Crippen molar-refractivity contribution in [2.75, 3.05) is 25.6 Å². The van der Waals surface area contributed by atoms with Crippen LogP contribution in [-0.4, -0.2) is 33.1 Å². The van der Waals surface area contributed by atoms with Gasteiger partial charge < -0.3 is 10.5 Å². The summed E-state index contributed by atoms with van der Waals surface area (Å²) in [5, 5.41) is 0. The van der Waals surface area contributed by atoms with E-state index in [1.54, 1.807) is 17.8 Å². The van der Waals surface area contributed by atoms with Gasteiger partial charge in [-0.2, -0.15) is 11.8 Å². The van der Waals surface area contributed by atoms with Gasteiger partial charge in [-0.3, -0.25) is 0 Å². The fourth-order valence-electron chi connectivity index (χ4n) is 1.80. The van der Waals surface area contributed by atoms with Gasteiger partial charge in [0.1, 0.15) is 10.6 Å². The van der Waals surface area contributed by atoms with Gasteiger partial charge in [0, 0.05) is 17.4 Å². The molecule has 0 amide bonds. The Balaban J connectivity index is 2.15. The lowest BCUT2D eigenvalue weighted by atomic mass is 10.3. The van der Waals surface area contributed by atoms with Crippen LogP contribution in [0.25, 0.3) is 0 Å². The number of thioether (sulfide) groups is 1. The number of methoxy groups -OCH3 is 1. The Morgan fingerprint density at radius 1 is 1.47 bits per heavy atom. The molecule has 1 aromatic rings. The van der Waals surface area contributed by atoms with Crippen molar-refractivity contribution < 1.29 is 13.2 Å². The molecule has 0 bridgehead atoms. The molecule has 0 spiro atoms. The van der Waals surface area contributed by atoms with Crippen LogP contribution in [0.1, 0.15) is 12.8 Å². The maximum absolute atomic E-state index is 12.2. The number of nitrogen functional groups attached to an aromatic ring is 1. The Morgan fingerprint density at radius 3 is 2.63 bits per heavy atom. The van der Waals surface area contributed by atoms with E-state index in [2.05, 4.69) is 4.72 Å². The van der Waals surface area contributed by atoms with Crippen molar-refractivity contribution in [1.29, 1.82) is 0 Å². The van der Waals surface area contributed by atoms with Crippen molar-refractivity contribution in [3.8, 4) is 5.75 Å². The quantitative estimate of drug-likeness (QED) is 0.777. The van der Waals surface area contributed by atoms with Crippen molar-refractivity contribution in [2.45, 2.75) is 22.5 Å². The summed E-state index contributed by atoms with van der Waals surface area (Å²) in [6.07, 6.45) is 4.10. The standard InChI is InChI=1S/C12H18N2O3S2/c1-17-9-3-4-11(10(13)7-9)19(15,16)14-8-12(18-2)5-6-12/h3-4,7,14H,5-6,8,13H2,1-2H3. The van der Waals surface area contributed by atoms with Gasteiger partial charge in [-0.05, 0) is 31.2 Å².